The first kappa shape index (κ1) is 1210. The first-order chi connectivity index (χ1) is 0. The molecule has 0 aromatic carbocycles. The second-order valence-corrected chi connectivity index (χ2v) is 0. The quantitative estimate of drug-likeness (QED) is 0.295. The standard InChI is InChI=1S/4H2O.2H2/h4*1H2;2*1H. The van der Waals surface area contributed by atoms with Gasteiger partial charge in [0.05, 0.1) is 0 Å². The Morgan fingerprint density at radius 2 is 0.500 bits per heavy atom. The van der Waals surface area contributed by atoms with Crippen LogP contribution in [0.5, 0.6) is 0 Å². The average Bonchev–Trinajstić information content (AvgIpc) is 0. The van der Waals surface area contributed by atoms with Gasteiger partial charge in [0.1, 0.15) is 0 Å². The van der Waals surface area contributed by atoms with E-state index in [1.807, 2.05) is 0 Å². The van der Waals surface area contributed by atoms with Crippen LogP contribution in [-0.4, -0.2) is 21.9 Å². The third kappa shape index (κ3) is 50.7. The Morgan fingerprint density at radius 1 is 0.500 bits per heavy atom. The summed E-state index contributed by atoms with van der Waals surface area (Å²) in [5, 5.41) is 0. The van der Waals surface area contributed by atoms with E-state index in [9.17, 15) is 0 Å². The molecule has 0 aromatic heterocycles. The molecule has 0 amide bonds. The highest BCUT2D eigenvalue weighted by atomic mass is 16.0. The van der Waals surface area contributed by atoms with Crippen LogP contribution >= 0.6 is 0 Å². The van der Waals surface area contributed by atoms with Crippen molar-refractivity contribution in [1.29, 1.82) is 0 Å². The van der Waals surface area contributed by atoms with Crippen LogP contribution in [0.1, 0.15) is 2.85 Å². The predicted octanol–water partition coefficient (Wildman–Crippen LogP) is -2.81. The lowest BCUT2D eigenvalue weighted by atomic mass is 16.0. The highest BCUT2D eigenvalue weighted by Gasteiger charge is -0.409. The van der Waals surface area contributed by atoms with Crippen LogP contribution in [0, 0.1) is 0 Å². The van der Waals surface area contributed by atoms with E-state index in [0.29, 0.717) is 0 Å². The molecule has 4 heavy (non-hydrogen) atoms. The smallest absolute Gasteiger partial charge is 0 e. The third-order valence-electron chi connectivity index (χ3n) is 0. The van der Waals surface area contributed by atoms with Crippen LogP contribution < -0.4 is 0 Å². The highest BCUT2D eigenvalue weighted by molar-refractivity contribution is 0.827. The minimum Gasteiger partial charge on any atom is -0.412 e. The Morgan fingerprint density at radius 3 is 0.500 bits per heavy atom. The minimum atomic E-state index is 0. The largest absolute Gasteiger partial charge is 0.412 e. The van der Waals surface area contributed by atoms with Gasteiger partial charge in [0, 0.05) is 2.85 Å². The van der Waals surface area contributed by atoms with Gasteiger partial charge in [-0.05, 0) is 0 Å². The van der Waals surface area contributed by atoms with Gasteiger partial charge in [0.25, 0.3) is 0 Å². The zero-order chi connectivity index (χ0) is 0. The predicted molar refractivity (Wildman–Crippen MR) is 18.7 cm³/mol. The van der Waals surface area contributed by atoms with Crippen LogP contribution in [0.15, 0.2) is 0 Å². The van der Waals surface area contributed by atoms with Crippen molar-refractivity contribution in [3.8, 4) is 0 Å². The van der Waals surface area contributed by atoms with E-state index in [-0.39, 0.29) is 24.8 Å². The van der Waals surface area contributed by atoms with Gasteiger partial charge in [-0.1, -0.05) is 0 Å². The van der Waals surface area contributed by atoms with Crippen molar-refractivity contribution in [2.75, 3.05) is 0 Å². The van der Waals surface area contributed by atoms with Crippen molar-refractivity contribution in [2.24, 2.45) is 0 Å². The molecule has 0 heterocycles. The van der Waals surface area contributed by atoms with Crippen molar-refractivity contribution in [2.45, 2.75) is 0 Å². The summed E-state index contributed by atoms with van der Waals surface area (Å²) in [6.45, 7) is 0. The maximum atomic E-state index is 0. The van der Waals surface area contributed by atoms with Gasteiger partial charge in [-0.25, -0.2) is 0 Å². The van der Waals surface area contributed by atoms with E-state index in [0.717, 1.165) is 0 Å². The molecule has 36 valence electrons. The molecule has 0 aliphatic heterocycles. The highest BCUT2D eigenvalue weighted by Crippen LogP contribution is -0.286. The Balaban J connectivity index is 0. The monoisotopic (exact) mass is 76.1 g/mol. The van der Waals surface area contributed by atoms with Gasteiger partial charge in [0.2, 0.25) is 0 Å². The van der Waals surface area contributed by atoms with Gasteiger partial charge < -0.3 is 21.9 Å². The molecule has 0 fully saturated rings. The second-order valence-electron chi connectivity index (χ2n) is 0. The molecule has 0 atom stereocenters. The van der Waals surface area contributed by atoms with E-state index in [2.05, 4.69) is 0 Å². The number of hydrogen-bond acceptors (Lipinski definition) is 0. The van der Waals surface area contributed by atoms with Crippen LogP contribution in [0.4, 0.5) is 0 Å². The molecule has 0 aromatic rings. The SMILES string of the molecule is O.O.O.O.[HH].[HH]. The molecular formula is H12O4. The van der Waals surface area contributed by atoms with E-state index in [4.69, 9.17) is 0 Å². The summed E-state index contributed by atoms with van der Waals surface area (Å²) in [7, 11) is 0. The Kier molecular flexibility index (Phi) is 114000. The van der Waals surface area contributed by atoms with Crippen LogP contribution in [0.2, 0.25) is 0 Å². The lowest BCUT2D eigenvalue weighted by Crippen LogP contribution is -0.290. The minimum absolute atomic E-state index is 0. The van der Waals surface area contributed by atoms with Gasteiger partial charge in [0.15, 0.2) is 0 Å². The molecule has 0 radical (unpaired) electrons. The van der Waals surface area contributed by atoms with E-state index in [1.165, 1.54) is 0 Å². The molecule has 4 heteroatoms. The maximum Gasteiger partial charge on any atom is 0 e. The summed E-state index contributed by atoms with van der Waals surface area (Å²) in [6.07, 6.45) is 0. The Labute approximate surface area is 26.3 Å². The molecule has 0 saturated carbocycles. The number of rotatable bonds is 0. The van der Waals surface area contributed by atoms with Gasteiger partial charge in [-0.3, -0.25) is 0 Å². The third-order valence-corrected chi connectivity index (χ3v) is 0. The van der Waals surface area contributed by atoms with Crippen LogP contribution in [0.3, 0.4) is 0 Å². The van der Waals surface area contributed by atoms with E-state index < -0.39 is 0 Å². The molecular weight excluding hydrogens is 64.0 g/mol. The molecule has 0 bridgehead atoms. The molecule has 0 saturated heterocycles. The Bertz CT molecular complexity index is 5.51. The molecule has 0 rings (SSSR count). The fraction of sp³-hybridized carbons (Fsp3) is 0. The molecule has 0 unspecified atom stereocenters. The van der Waals surface area contributed by atoms with E-state index in [1.54, 1.807) is 0 Å². The van der Waals surface area contributed by atoms with Crippen molar-refractivity contribution in [3.63, 3.8) is 0 Å². The second kappa shape index (κ2) is 376. The normalized spacial score (nSPS) is 0. The lowest BCUT2D eigenvalue weighted by Gasteiger charge is -0.413. The van der Waals surface area contributed by atoms with Crippen molar-refractivity contribution >= 4 is 0 Å². The molecule has 8 N–H and O–H groups in total. The van der Waals surface area contributed by atoms with Gasteiger partial charge in [-0.2, -0.15) is 0 Å². The summed E-state index contributed by atoms with van der Waals surface area (Å²) in [4.78, 5) is 0. The van der Waals surface area contributed by atoms with E-state index >= 15 is 0 Å². The summed E-state index contributed by atoms with van der Waals surface area (Å²) >= 11 is 0. The van der Waals surface area contributed by atoms with Crippen molar-refractivity contribution in [1.82, 2.24) is 0 Å². The molecule has 0 aliphatic carbocycles. The summed E-state index contributed by atoms with van der Waals surface area (Å²) in [5.74, 6) is 0. The Hall–Kier alpha value is -0.160. The zero-order valence-electron chi connectivity index (χ0n) is 2.00. The summed E-state index contributed by atoms with van der Waals surface area (Å²) in [6, 6.07) is 0. The molecule has 4 nitrogen and oxygen atoms in total. The van der Waals surface area contributed by atoms with Crippen LogP contribution in [0.25, 0.3) is 0 Å². The topological polar surface area (TPSA) is 126 Å². The number of hydrogen-bond donors (Lipinski definition) is 0. The fourth-order valence-corrected chi connectivity index (χ4v) is 0. The van der Waals surface area contributed by atoms with Gasteiger partial charge in [-0.15, -0.1) is 0 Å². The van der Waals surface area contributed by atoms with Crippen molar-refractivity contribution < 1.29 is 24.8 Å². The average molecular weight is 76.1 g/mol. The molecule has 0 spiro atoms. The first-order valence-electron chi connectivity index (χ1n) is 0. The zero-order valence-corrected chi connectivity index (χ0v) is 2.00. The van der Waals surface area contributed by atoms with Gasteiger partial charge >= 0.3 is 0 Å². The van der Waals surface area contributed by atoms with Crippen molar-refractivity contribution in [3.05, 3.63) is 0 Å². The molecule has 0 aliphatic rings. The first-order valence-corrected chi connectivity index (χ1v) is 0. The maximum absolute atomic E-state index is 0. The summed E-state index contributed by atoms with van der Waals surface area (Å²) < 4.78 is 0. The van der Waals surface area contributed by atoms with Crippen LogP contribution in [-0.2, 0) is 0 Å². The summed E-state index contributed by atoms with van der Waals surface area (Å²) in [5.41, 5.74) is 0. The fourth-order valence-electron chi connectivity index (χ4n) is 0. The lowest BCUT2D eigenvalue weighted by molar-refractivity contribution is 0.823.